The summed E-state index contributed by atoms with van der Waals surface area (Å²) >= 11 is 1.58. The van der Waals surface area contributed by atoms with Gasteiger partial charge in [-0.2, -0.15) is 0 Å². The molecule has 1 aliphatic heterocycles. The summed E-state index contributed by atoms with van der Waals surface area (Å²) in [5.74, 6) is 0.00321. The van der Waals surface area contributed by atoms with Gasteiger partial charge in [0.25, 0.3) is 5.91 Å². The van der Waals surface area contributed by atoms with Gasteiger partial charge in [-0.1, -0.05) is 0 Å². The monoisotopic (exact) mass is 345 g/mol. The third-order valence-corrected chi connectivity index (χ3v) is 5.28. The third-order valence-electron chi connectivity index (χ3n) is 4.33. The van der Waals surface area contributed by atoms with Crippen LogP contribution in [0.3, 0.4) is 0 Å². The van der Waals surface area contributed by atoms with E-state index >= 15 is 0 Å². The molecule has 3 rings (SSSR count). The number of nitrogens with zero attached hydrogens (tertiary/aromatic N) is 3. The summed E-state index contributed by atoms with van der Waals surface area (Å²) in [4.78, 5) is 20.9. The van der Waals surface area contributed by atoms with Crippen molar-refractivity contribution < 1.29 is 9.90 Å². The molecular weight excluding hydrogens is 322 g/mol. The minimum absolute atomic E-state index is 0.00321. The van der Waals surface area contributed by atoms with Crippen LogP contribution < -0.4 is 4.90 Å². The molecule has 2 aromatic rings. The molecule has 5 nitrogen and oxygen atoms in total. The van der Waals surface area contributed by atoms with Crippen LogP contribution in [-0.2, 0) is 6.54 Å². The van der Waals surface area contributed by atoms with Crippen molar-refractivity contribution in [3.8, 4) is 0 Å². The second-order valence-corrected chi connectivity index (χ2v) is 7.25. The predicted octanol–water partition coefficient (Wildman–Crippen LogP) is 2.68. The Morgan fingerprint density at radius 3 is 2.58 bits per heavy atom. The molecule has 0 radical (unpaired) electrons. The molecule has 0 bridgehead atoms. The first-order valence-corrected chi connectivity index (χ1v) is 9.10. The maximum Gasteiger partial charge on any atom is 0.253 e. The van der Waals surface area contributed by atoms with E-state index in [0.717, 1.165) is 42.3 Å². The van der Waals surface area contributed by atoms with Crippen molar-refractivity contribution in [2.45, 2.75) is 32.4 Å². The molecule has 0 aliphatic carbocycles. The summed E-state index contributed by atoms with van der Waals surface area (Å²) < 4.78 is 0. The average molecular weight is 345 g/mol. The number of anilines is 1. The Kier molecular flexibility index (Phi) is 5.16. The van der Waals surface area contributed by atoms with Gasteiger partial charge in [-0.3, -0.25) is 4.79 Å². The molecule has 0 spiro atoms. The summed E-state index contributed by atoms with van der Waals surface area (Å²) in [7, 11) is 1.80. The fraction of sp³-hybridized carbons (Fsp3) is 0.444. The molecule has 1 aliphatic rings. The Morgan fingerprint density at radius 1 is 1.33 bits per heavy atom. The van der Waals surface area contributed by atoms with E-state index in [1.807, 2.05) is 36.6 Å². The zero-order chi connectivity index (χ0) is 17.1. The van der Waals surface area contributed by atoms with Gasteiger partial charge in [0.15, 0.2) is 0 Å². The zero-order valence-corrected chi connectivity index (χ0v) is 14.9. The van der Waals surface area contributed by atoms with Gasteiger partial charge in [0.1, 0.15) is 5.01 Å². The van der Waals surface area contributed by atoms with Crippen LogP contribution in [0.4, 0.5) is 5.69 Å². The lowest BCUT2D eigenvalue weighted by Gasteiger charge is -2.31. The van der Waals surface area contributed by atoms with Crippen LogP contribution in [-0.4, -0.2) is 47.1 Å². The van der Waals surface area contributed by atoms with Gasteiger partial charge in [-0.05, 0) is 44.0 Å². The molecule has 1 amide bonds. The average Bonchev–Trinajstić information content (AvgIpc) is 3.00. The Morgan fingerprint density at radius 2 is 2.00 bits per heavy atom. The van der Waals surface area contributed by atoms with Gasteiger partial charge in [-0.15, -0.1) is 11.3 Å². The Bertz CT molecular complexity index is 691. The van der Waals surface area contributed by atoms with Crippen LogP contribution in [0.25, 0.3) is 0 Å². The van der Waals surface area contributed by atoms with Gasteiger partial charge in [0, 0.05) is 42.5 Å². The molecule has 0 saturated carbocycles. The number of aliphatic hydroxyl groups excluding tert-OH is 1. The van der Waals surface area contributed by atoms with Crippen molar-refractivity contribution in [2.24, 2.45) is 0 Å². The number of hydrogen-bond donors (Lipinski definition) is 1. The molecule has 1 aromatic carbocycles. The number of benzene rings is 1. The van der Waals surface area contributed by atoms with E-state index in [-0.39, 0.29) is 12.0 Å². The molecule has 6 heteroatoms. The van der Waals surface area contributed by atoms with Crippen molar-refractivity contribution in [1.29, 1.82) is 0 Å². The van der Waals surface area contributed by atoms with Crippen molar-refractivity contribution in [1.82, 2.24) is 9.88 Å². The first kappa shape index (κ1) is 16.9. The Hall–Kier alpha value is -1.92. The zero-order valence-electron chi connectivity index (χ0n) is 14.1. The fourth-order valence-electron chi connectivity index (χ4n) is 2.91. The standard InChI is InChI=1S/C18H23N3O2S/c1-13-12-24-17(19-13)11-20(2)18(23)14-3-5-15(6-4-14)21-9-7-16(22)8-10-21/h3-6,12,16,22H,7-11H2,1-2H3. The number of aliphatic hydroxyl groups is 1. The van der Waals surface area contributed by atoms with E-state index < -0.39 is 0 Å². The molecule has 24 heavy (non-hydrogen) atoms. The van der Waals surface area contributed by atoms with E-state index in [4.69, 9.17) is 0 Å². The summed E-state index contributed by atoms with van der Waals surface area (Å²) in [5, 5.41) is 12.5. The van der Waals surface area contributed by atoms with E-state index in [1.54, 1.807) is 23.3 Å². The van der Waals surface area contributed by atoms with Crippen LogP contribution in [0.5, 0.6) is 0 Å². The maximum atomic E-state index is 12.5. The third kappa shape index (κ3) is 3.94. The second-order valence-electron chi connectivity index (χ2n) is 6.31. The lowest BCUT2D eigenvalue weighted by molar-refractivity contribution is 0.0785. The van der Waals surface area contributed by atoms with Gasteiger partial charge in [0.2, 0.25) is 0 Å². The number of hydrogen-bond acceptors (Lipinski definition) is 5. The smallest absolute Gasteiger partial charge is 0.253 e. The second kappa shape index (κ2) is 7.32. The van der Waals surface area contributed by atoms with E-state index in [0.29, 0.717) is 12.1 Å². The van der Waals surface area contributed by atoms with Crippen molar-refractivity contribution in [3.63, 3.8) is 0 Å². The SMILES string of the molecule is Cc1csc(CN(C)C(=O)c2ccc(N3CCC(O)CC3)cc2)n1. The molecule has 0 unspecified atom stereocenters. The topological polar surface area (TPSA) is 56.7 Å². The number of piperidine rings is 1. The van der Waals surface area contributed by atoms with Crippen molar-refractivity contribution in [3.05, 3.63) is 45.9 Å². The lowest BCUT2D eigenvalue weighted by Crippen LogP contribution is -2.35. The maximum absolute atomic E-state index is 12.5. The van der Waals surface area contributed by atoms with Crippen LogP contribution in [0, 0.1) is 6.92 Å². The molecule has 1 aromatic heterocycles. The highest BCUT2D eigenvalue weighted by atomic mass is 32.1. The van der Waals surface area contributed by atoms with E-state index in [2.05, 4.69) is 9.88 Å². The number of aromatic nitrogens is 1. The van der Waals surface area contributed by atoms with E-state index in [9.17, 15) is 9.90 Å². The first-order chi connectivity index (χ1) is 11.5. The molecule has 0 atom stereocenters. The molecular formula is C18H23N3O2S. The quantitative estimate of drug-likeness (QED) is 0.926. The molecule has 1 fully saturated rings. The van der Waals surface area contributed by atoms with Gasteiger partial charge in [-0.25, -0.2) is 4.98 Å². The molecule has 128 valence electrons. The van der Waals surface area contributed by atoms with Crippen molar-refractivity contribution in [2.75, 3.05) is 25.0 Å². The number of rotatable bonds is 4. The summed E-state index contributed by atoms with van der Waals surface area (Å²) in [6.45, 7) is 4.21. The van der Waals surface area contributed by atoms with Crippen molar-refractivity contribution >= 4 is 22.9 Å². The predicted molar refractivity (Wildman–Crippen MR) is 96.5 cm³/mol. The van der Waals surface area contributed by atoms with Crippen LogP contribution in [0.1, 0.15) is 33.9 Å². The molecule has 1 saturated heterocycles. The van der Waals surface area contributed by atoms with Crippen LogP contribution in [0.15, 0.2) is 29.6 Å². The van der Waals surface area contributed by atoms with Gasteiger partial charge >= 0.3 is 0 Å². The van der Waals surface area contributed by atoms with E-state index in [1.165, 1.54) is 0 Å². The molecule has 2 heterocycles. The largest absolute Gasteiger partial charge is 0.393 e. The Labute approximate surface area is 146 Å². The highest BCUT2D eigenvalue weighted by Crippen LogP contribution is 2.21. The number of thiazole rings is 1. The van der Waals surface area contributed by atoms with Gasteiger partial charge in [0.05, 0.1) is 12.6 Å². The summed E-state index contributed by atoms with van der Waals surface area (Å²) in [6, 6.07) is 7.75. The minimum atomic E-state index is -0.176. The highest BCUT2D eigenvalue weighted by molar-refractivity contribution is 7.09. The summed E-state index contributed by atoms with van der Waals surface area (Å²) in [5.41, 5.74) is 2.79. The minimum Gasteiger partial charge on any atom is -0.393 e. The summed E-state index contributed by atoms with van der Waals surface area (Å²) in [6.07, 6.45) is 1.43. The number of carbonyl (C=O) groups excluding carboxylic acids is 1. The lowest BCUT2D eigenvalue weighted by atomic mass is 10.1. The number of amides is 1. The fourth-order valence-corrected chi connectivity index (χ4v) is 3.73. The van der Waals surface area contributed by atoms with Gasteiger partial charge < -0.3 is 14.9 Å². The van der Waals surface area contributed by atoms with Crippen LogP contribution in [0.2, 0.25) is 0 Å². The Balaban J connectivity index is 1.63. The highest BCUT2D eigenvalue weighted by Gasteiger charge is 2.18. The molecule has 1 N–H and O–H groups in total. The van der Waals surface area contributed by atoms with Crippen LogP contribution >= 0.6 is 11.3 Å². The first-order valence-electron chi connectivity index (χ1n) is 8.22. The normalized spacial score (nSPS) is 15.5. The number of aryl methyl sites for hydroxylation is 1. The number of carbonyl (C=O) groups is 1.